The van der Waals surface area contributed by atoms with Crippen LogP contribution in [0, 0.1) is 33.6 Å². The van der Waals surface area contributed by atoms with E-state index in [-0.39, 0.29) is 6.04 Å². The fourth-order valence-electron chi connectivity index (χ4n) is 3.23. The highest BCUT2D eigenvalue weighted by molar-refractivity contribution is 5.45. The number of hydrogen-bond donors (Lipinski definition) is 1. The summed E-state index contributed by atoms with van der Waals surface area (Å²) in [7, 11) is 0. The Labute approximate surface area is 119 Å². The number of nitrogens with two attached hydrogens (primary N) is 1. The number of aryl methyl sites for hydroxylation is 2. The Hall–Kier alpha value is -0.820. The van der Waals surface area contributed by atoms with E-state index in [4.69, 9.17) is 5.73 Å². The van der Waals surface area contributed by atoms with Crippen LogP contribution in [0.1, 0.15) is 73.4 Å². The second-order valence-electron chi connectivity index (χ2n) is 6.04. The molecule has 1 nitrogen and oxygen atoms in total. The summed E-state index contributed by atoms with van der Waals surface area (Å²) >= 11 is 0. The predicted octanol–water partition coefficient (Wildman–Crippen LogP) is 5.14. The Morgan fingerprint density at radius 3 is 1.68 bits per heavy atom. The molecule has 0 heterocycles. The van der Waals surface area contributed by atoms with Gasteiger partial charge in [-0.3, -0.25) is 0 Å². The van der Waals surface area contributed by atoms with Crippen LogP contribution in [0.3, 0.4) is 0 Å². The third-order valence-corrected chi connectivity index (χ3v) is 4.58. The summed E-state index contributed by atoms with van der Waals surface area (Å²) < 4.78 is 0. The van der Waals surface area contributed by atoms with E-state index < -0.39 is 0 Å². The summed E-state index contributed by atoms with van der Waals surface area (Å²) in [6.07, 6.45) is 4.92. The van der Waals surface area contributed by atoms with Crippen molar-refractivity contribution in [3.63, 3.8) is 0 Å². The first-order valence-electron chi connectivity index (χ1n) is 7.76. The van der Waals surface area contributed by atoms with E-state index in [1.54, 1.807) is 0 Å². The zero-order chi connectivity index (χ0) is 14.6. The van der Waals surface area contributed by atoms with E-state index in [0.717, 1.165) is 0 Å². The number of hydrogen-bond acceptors (Lipinski definition) is 1. The molecular weight excluding hydrogens is 230 g/mol. The molecule has 0 aliphatic heterocycles. The minimum atomic E-state index is 0.193. The minimum Gasteiger partial charge on any atom is -0.324 e. The van der Waals surface area contributed by atoms with Gasteiger partial charge in [-0.15, -0.1) is 0 Å². The summed E-state index contributed by atoms with van der Waals surface area (Å²) in [5.74, 6) is 0.619. The van der Waals surface area contributed by atoms with E-state index in [1.165, 1.54) is 53.5 Å². The Balaban J connectivity index is 3.19. The normalized spacial score (nSPS) is 13.1. The highest BCUT2D eigenvalue weighted by atomic mass is 14.7. The third kappa shape index (κ3) is 3.60. The molecule has 0 aliphatic carbocycles. The molecule has 1 aromatic rings. The lowest BCUT2D eigenvalue weighted by Crippen LogP contribution is -2.24. The van der Waals surface area contributed by atoms with Gasteiger partial charge in [0.05, 0.1) is 0 Å². The molecule has 0 fully saturated rings. The summed E-state index contributed by atoms with van der Waals surface area (Å²) in [5.41, 5.74) is 13.6. The maximum Gasteiger partial charge on any atom is 0.0328 e. The second-order valence-corrected chi connectivity index (χ2v) is 6.04. The molecule has 0 amide bonds. The van der Waals surface area contributed by atoms with E-state index in [2.05, 4.69) is 47.6 Å². The van der Waals surface area contributed by atoms with Crippen molar-refractivity contribution < 1.29 is 0 Å². The van der Waals surface area contributed by atoms with Gasteiger partial charge in [-0.2, -0.15) is 0 Å². The minimum absolute atomic E-state index is 0.193. The SMILES string of the molecule is CCCC(CCC)C(N)c1c(C)c(C)cc(C)c1C. The average molecular weight is 261 g/mol. The summed E-state index contributed by atoms with van der Waals surface area (Å²) in [4.78, 5) is 0. The van der Waals surface area contributed by atoms with Crippen LogP contribution >= 0.6 is 0 Å². The van der Waals surface area contributed by atoms with E-state index in [0.29, 0.717) is 5.92 Å². The quantitative estimate of drug-likeness (QED) is 0.754. The second kappa shape index (κ2) is 7.09. The Bertz CT molecular complexity index is 388. The van der Waals surface area contributed by atoms with E-state index in [9.17, 15) is 0 Å². The van der Waals surface area contributed by atoms with Gasteiger partial charge in [0.15, 0.2) is 0 Å². The van der Waals surface area contributed by atoms with Crippen molar-refractivity contribution >= 4 is 0 Å². The van der Waals surface area contributed by atoms with Gasteiger partial charge >= 0.3 is 0 Å². The molecule has 1 rings (SSSR count). The maximum absolute atomic E-state index is 6.65. The van der Waals surface area contributed by atoms with Gasteiger partial charge in [-0.25, -0.2) is 0 Å². The van der Waals surface area contributed by atoms with Crippen LogP contribution in [0.5, 0.6) is 0 Å². The van der Waals surface area contributed by atoms with Crippen LogP contribution in [0.15, 0.2) is 6.07 Å². The van der Waals surface area contributed by atoms with Crippen molar-refractivity contribution in [2.24, 2.45) is 11.7 Å². The molecule has 0 radical (unpaired) electrons. The monoisotopic (exact) mass is 261 g/mol. The topological polar surface area (TPSA) is 26.0 Å². The number of rotatable bonds is 6. The summed E-state index contributed by atoms with van der Waals surface area (Å²) in [6.45, 7) is 13.4. The van der Waals surface area contributed by atoms with Gasteiger partial charge in [-0.05, 0) is 74.3 Å². The lowest BCUT2D eigenvalue weighted by Gasteiger charge is -2.28. The molecule has 2 N–H and O–H groups in total. The van der Waals surface area contributed by atoms with Gasteiger partial charge in [0.2, 0.25) is 0 Å². The van der Waals surface area contributed by atoms with Crippen molar-refractivity contribution in [1.29, 1.82) is 0 Å². The van der Waals surface area contributed by atoms with E-state index >= 15 is 0 Å². The molecule has 0 saturated heterocycles. The summed E-state index contributed by atoms with van der Waals surface area (Å²) in [5, 5.41) is 0. The van der Waals surface area contributed by atoms with Crippen molar-refractivity contribution in [2.75, 3.05) is 0 Å². The first-order valence-corrected chi connectivity index (χ1v) is 7.76. The van der Waals surface area contributed by atoms with Crippen LogP contribution in [0.25, 0.3) is 0 Å². The van der Waals surface area contributed by atoms with Crippen molar-refractivity contribution in [2.45, 2.75) is 73.3 Å². The van der Waals surface area contributed by atoms with Gasteiger partial charge in [-0.1, -0.05) is 32.8 Å². The molecule has 108 valence electrons. The number of benzene rings is 1. The lowest BCUT2D eigenvalue weighted by atomic mass is 9.81. The Morgan fingerprint density at radius 1 is 0.895 bits per heavy atom. The molecule has 0 bridgehead atoms. The van der Waals surface area contributed by atoms with Gasteiger partial charge < -0.3 is 5.73 Å². The lowest BCUT2D eigenvalue weighted by molar-refractivity contribution is 0.366. The van der Waals surface area contributed by atoms with Crippen LogP contribution in [-0.4, -0.2) is 0 Å². The predicted molar refractivity (Wildman–Crippen MR) is 85.6 cm³/mol. The zero-order valence-electron chi connectivity index (χ0n) is 13.6. The Morgan fingerprint density at radius 2 is 1.32 bits per heavy atom. The van der Waals surface area contributed by atoms with Crippen LogP contribution in [0.4, 0.5) is 0 Å². The standard InChI is InChI=1S/C18H31N/c1-7-9-16(10-8-2)18(19)17-14(5)12(3)11-13(4)15(17)6/h11,16,18H,7-10,19H2,1-6H3. The van der Waals surface area contributed by atoms with Crippen molar-refractivity contribution in [3.8, 4) is 0 Å². The van der Waals surface area contributed by atoms with Crippen LogP contribution in [-0.2, 0) is 0 Å². The fraction of sp³-hybridized carbons (Fsp3) is 0.667. The smallest absolute Gasteiger partial charge is 0.0328 e. The largest absolute Gasteiger partial charge is 0.324 e. The molecular formula is C18H31N. The maximum atomic E-state index is 6.65. The molecule has 0 aliphatic rings. The molecule has 0 saturated carbocycles. The zero-order valence-corrected chi connectivity index (χ0v) is 13.6. The average Bonchev–Trinajstić information content (AvgIpc) is 2.36. The molecule has 0 spiro atoms. The molecule has 1 heteroatoms. The van der Waals surface area contributed by atoms with Gasteiger partial charge in [0, 0.05) is 6.04 Å². The molecule has 0 aromatic heterocycles. The third-order valence-electron chi connectivity index (χ3n) is 4.58. The first-order chi connectivity index (χ1) is 8.93. The van der Waals surface area contributed by atoms with Gasteiger partial charge in [0.25, 0.3) is 0 Å². The molecule has 19 heavy (non-hydrogen) atoms. The van der Waals surface area contributed by atoms with Crippen LogP contribution in [0.2, 0.25) is 0 Å². The molecule has 1 aromatic carbocycles. The first kappa shape index (κ1) is 16.2. The summed E-state index contributed by atoms with van der Waals surface area (Å²) in [6, 6.07) is 2.48. The van der Waals surface area contributed by atoms with Crippen molar-refractivity contribution in [3.05, 3.63) is 33.9 Å². The van der Waals surface area contributed by atoms with Crippen LogP contribution < -0.4 is 5.73 Å². The molecule has 1 unspecified atom stereocenters. The molecule has 1 atom stereocenters. The Kier molecular flexibility index (Phi) is 6.06. The highest BCUT2D eigenvalue weighted by Gasteiger charge is 2.22. The highest BCUT2D eigenvalue weighted by Crippen LogP contribution is 2.34. The van der Waals surface area contributed by atoms with Gasteiger partial charge in [0.1, 0.15) is 0 Å². The van der Waals surface area contributed by atoms with E-state index in [1.807, 2.05) is 0 Å². The fourth-order valence-corrected chi connectivity index (χ4v) is 3.23. The van der Waals surface area contributed by atoms with Crippen molar-refractivity contribution in [1.82, 2.24) is 0 Å².